The van der Waals surface area contributed by atoms with Gasteiger partial charge in [0.15, 0.2) is 0 Å². The molecule has 0 radical (unpaired) electrons. The molecule has 0 bridgehead atoms. The highest BCUT2D eigenvalue weighted by Gasteiger charge is 2.36. The molecule has 132 valence electrons. The molecule has 0 atom stereocenters. The van der Waals surface area contributed by atoms with Gasteiger partial charge in [-0.2, -0.15) is 26.3 Å². The van der Waals surface area contributed by atoms with E-state index < -0.39 is 23.5 Å². The van der Waals surface area contributed by atoms with E-state index in [9.17, 15) is 31.1 Å². The van der Waals surface area contributed by atoms with Crippen molar-refractivity contribution in [2.24, 2.45) is 0 Å². The molecule has 0 fully saturated rings. The topological polar surface area (TPSA) is 17.1 Å². The summed E-state index contributed by atoms with van der Waals surface area (Å²) in [6.45, 7) is 0. The molecule has 0 amide bonds. The Hall–Kier alpha value is -2.28. The molecule has 0 aliphatic heterocycles. The highest BCUT2D eigenvalue weighted by Crippen LogP contribution is 2.36. The van der Waals surface area contributed by atoms with E-state index in [1.54, 1.807) is 0 Å². The van der Waals surface area contributed by atoms with E-state index in [0.29, 0.717) is 24.0 Å². The molecule has 0 saturated carbocycles. The van der Waals surface area contributed by atoms with Gasteiger partial charge in [-0.25, -0.2) is 0 Å². The highest BCUT2D eigenvalue weighted by molar-refractivity contribution is 6.31. The first-order chi connectivity index (χ1) is 11.5. The van der Waals surface area contributed by atoms with Gasteiger partial charge < -0.3 is 0 Å². The number of alkyl halides is 6. The summed E-state index contributed by atoms with van der Waals surface area (Å²) in [6.07, 6.45) is -6.94. The summed E-state index contributed by atoms with van der Waals surface area (Å²) in [6, 6.07) is 5.46. The molecule has 0 aromatic heterocycles. The summed E-state index contributed by atoms with van der Waals surface area (Å²) in [5, 5.41) is 0.212. The molecule has 2 rings (SSSR count). The molecule has 2 aromatic rings. The van der Waals surface area contributed by atoms with Gasteiger partial charge in [-0.3, -0.25) is 4.79 Å². The minimum absolute atomic E-state index is 0.0568. The van der Waals surface area contributed by atoms with Crippen LogP contribution >= 0.6 is 11.6 Å². The van der Waals surface area contributed by atoms with Crippen molar-refractivity contribution in [2.45, 2.75) is 12.4 Å². The van der Waals surface area contributed by atoms with Gasteiger partial charge in [0.05, 0.1) is 11.1 Å². The van der Waals surface area contributed by atoms with E-state index in [4.69, 9.17) is 11.6 Å². The minimum atomic E-state index is -4.91. The molecule has 0 spiro atoms. The molecule has 0 heterocycles. The Kier molecular flexibility index (Phi) is 5.27. The number of carbonyl (C=O) groups is 1. The standard InChI is InChI=1S/C17H9ClF6O/c18-15-6-10(3-12(7-15)9-25)1-2-11-4-13(16(19,20)21)8-14(5-11)17(22,23)24/h1-9H/b2-1+. The van der Waals surface area contributed by atoms with Crippen LogP contribution in [0.2, 0.25) is 5.02 Å². The number of hydrogen-bond donors (Lipinski definition) is 0. The first-order valence-corrected chi connectivity index (χ1v) is 7.10. The predicted octanol–water partition coefficient (Wildman–Crippen LogP) is 6.36. The molecule has 25 heavy (non-hydrogen) atoms. The number of aldehydes is 1. The van der Waals surface area contributed by atoms with E-state index in [-0.39, 0.29) is 22.2 Å². The molecule has 1 nitrogen and oxygen atoms in total. The second-order valence-corrected chi connectivity index (χ2v) is 5.54. The van der Waals surface area contributed by atoms with Gasteiger partial charge in [-0.1, -0.05) is 23.8 Å². The van der Waals surface area contributed by atoms with Gasteiger partial charge in [0.1, 0.15) is 6.29 Å². The maximum atomic E-state index is 12.8. The molecular formula is C17H9ClF6O. The fourth-order valence-corrected chi connectivity index (χ4v) is 2.32. The molecule has 0 unspecified atom stereocenters. The van der Waals surface area contributed by atoms with Crippen molar-refractivity contribution in [3.05, 3.63) is 69.2 Å². The zero-order chi connectivity index (χ0) is 18.8. The molecule has 2 aromatic carbocycles. The Morgan fingerprint density at radius 1 is 0.680 bits per heavy atom. The quantitative estimate of drug-likeness (QED) is 0.345. The van der Waals surface area contributed by atoms with Gasteiger partial charge in [0.25, 0.3) is 0 Å². The number of benzene rings is 2. The average molecular weight is 379 g/mol. The van der Waals surface area contributed by atoms with Crippen LogP contribution in [-0.2, 0) is 12.4 Å². The van der Waals surface area contributed by atoms with Gasteiger partial charge in [-0.15, -0.1) is 0 Å². The fourth-order valence-electron chi connectivity index (χ4n) is 2.07. The fraction of sp³-hybridized carbons (Fsp3) is 0.118. The van der Waals surface area contributed by atoms with E-state index in [1.165, 1.54) is 24.3 Å². The molecule has 0 aliphatic rings. The molecule has 0 aliphatic carbocycles. The third-order valence-electron chi connectivity index (χ3n) is 3.16. The first-order valence-electron chi connectivity index (χ1n) is 6.72. The van der Waals surface area contributed by atoms with Crippen LogP contribution in [0.1, 0.15) is 32.6 Å². The summed E-state index contributed by atoms with van der Waals surface area (Å²) in [5.74, 6) is 0. The molecular weight excluding hydrogens is 370 g/mol. The largest absolute Gasteiger partial charge is 0.416 e. The van der Waals surface area contributed by atoms with E-state index in [1.807, 2.05) is 0 Å². The Labute approximate surface area is 143 Å². The van der Waals surface area contributed by atoms with E-state index in [0.717, 1.165) is 6.08 Å². The summed E-state index contributed by atoms with van der Waals surface area (Å²) >= 11 is 5.79. The maximum absolute atomic E-state index is 12.8. The average Bonchev–Trinajstić information content (AvgIpc) is 2.50. The van der Waals surface area contributed by atoms with Crippen molar-refractivity contribution in [3.8, 4) is 0 Å². The van der Waals surface area contributed by atoms with Gasteiger partial charge in [0, 0.05) is 10.6 Å². The predicted molar refractivity (Wildman–Crippen MR) is 82.2 cm³/mol. The lowest BCUT2D eigenvalue weighted by Gasteiger charge is -2.13. The number of hydrogen-bond acceptors (Lipinski definition) is 1. The lowest BCUT2D eigenvalue weighted by Crippen LogP contribution is -2.11. The zero-order valence-corrected chi connectivity index (χ0v) is 13.0. The first kappa shape index (κ1) is 19.1. The molecule has 0 N–H and O–H groups in total. The van der Waals surface area contributed by atoms with Crippen molar-refractivity contribution in [1.82, 2.24) is 0 Å². The minimum Gasteiger partial charge on any atom is -0.298 e. The van der Waals surface area contributed by atoms with Crippen molar-refractivity contribution in [3.63, 3.8) is 0 Å². The van der Waals surface area contributed by atoms with E-state index in [2.05, 4.69) is 0 Å². The Morgan fingerprint density at radius 2 is 1.12 bits per heavy atom. The maximum Gasteiger partial charge on any atom is 0.416 e. The molecule has 8 heteroatoms. The van der Waals surface area contributed by atoms with Crippen LogP contribution < -0.4 is 0 Å². The third kappa shape index (κ3) is 5.09. The highest BCUT2D eigenvalue weighted by atomic mass is 35.5. The van der Waals surface area contributed by atoms with Crippen molar-refractivity contribution in [1.29, 1.82) is 0 Å². The Morgan fingerprint density at radius 3 is 1.56 bits per heavy atom. The lowest BCUT2D eigenvalue weighted by atomic mass is 10.0. The zero-order valence-electron chi connectivity index (χ0n) is 12.3. The van der Waals surface area contributed by atoms with Crippen molar-refractivity contribution >= 4 is 30.0 Å². The van der Waals surface area contributed by atoms with Crippen LogP contribution in [-0.4, -0.2) is 6.29 Å². The number of halogens is 7. The third-order valence-corrected chi connectivity index (χ3v) is 3.37. The van der Waals surface area contributed by atoms with Crippen LogP contribution in [0.25, 0.3) is 12.2 Å². The normalized spacial score (nSPS) is 12.6. The van der Waals surface area contributed by atoms with Crippen LogP contribution in [0.5, 0.6) is 0 Å². The van der Waals surface area contributed by atoms with E-state index >= 15 is 0 Å². The van der Waals surface area contributed by atoms with Crippen LogP contribution in [0.3, 0.4) is 0 Å². The summed E-state index contributed by atoms with van der Waals surface area (Å²) in [4.78, 5) is 10.8. The van der Waals surface area contributed by atoms with Gasteiger partial charge in [-0.05, 0) is 47.5 Å². The summed E-state index contributed by atoms with van der Waals surface area (Å²) in [5.41, 5.74) is -2.49. The SMILES string of the molecule is O=Cc1cc(Cl)cc(/C=C/c2cc(C(F)(F)F)cc(C(F)(F)F)c2)c1. The second kappa shape index (κ2) is 6.92. The number of rotatable bonds is 3. The van der Waals surface area contributed by atoms with Crippen LogP contribution in [0.4, 0.5) is 26.3 Å². The van der Waals surface area contributed by atoms with Crippen molar-refractivity contribution in [2.75, 3.05) is 0 Å². The lowest BCUT2D eigenvalue weighted by molar-refractivity contribution is -0.143. The summed E-state index contributed by atoms with van der Waals surface area (Å²) in [7, 11) is 0. The van der Waals surface area contributed by atoms with Crippen LogP contribution in [0.15, 0.2) is 36.4 Å². The van der Waals surface area contributed by atoms with Crippen molar-refractivity contribution < 1.29 is 31.1 Å². The Bertz CT molecular complexity index is 789. The second-order valence-electron chi connectivity index (χ2n) is 5.11. The smallest absolute Gasteiger partial charge is 0.298 e. The van der Waals surface area contributed by atoms with Crippen LogP contribution in [0, 0.1) is 0 Å². The van der Waals surface area contributed by atoms with Gasteiger partial charge in [0.2, 0.25) is 0 Å². The van der Waals surface area contributed by atoms with Gasteiger partial charge >= 0.3 is 12.4 Å². The number of carbonyl (C=O) groups excluding carboxylic acids is 1. The summed E-state index contributed by atoms with van der Waals surface area (Å²) < 4.78 is 76.8. The molecule has 0 saturated heterocycles. The monoisotopic (exact) mass is 378 g/mol. The Balaban J connectivity index is 2.48.